The van der Waals surface area contributed by atoms with Gasteiger partial charge >= 0.3 is 0 Å². The summed E-state index contributed by atoms with van der Waals surface area (Å²) in [6.45, 7) is 8.50. The molecule has 1 fully saturated rings. The van der Waals surface area contributed by atoms with Crippen LogP contribution in [0.15, 0.2) is 11.0 Å². The minimum atomic E-state index is -3.30. The van der Waals surface area contributed by atoms with Gasteiger partial charge in [-0.3, -0.25) is 14.7 Å². The third-order valence-electron chi connectivity index (χ3n) is 5.68. The number of aromatic amines is 1. The summed E-state index contributed by atoms with van der Waals surface area (Å²) in [6.07, 6.45) is 1.55. The van der Waals surface area contributed by atoms with Crippen molar-refractivity contribution in [2.45, 2.75) is 58.4 Å². The molecule has 2 aliphatic heterocycles. The fourth-order valence-electron chi connectivity index (χ4n) is 4.17. The zero-order valence-corrected chi connectivity index (χ0v) is 17.6. The molecule has 1 aromatic rings. The van der Waals surface area contributed by atoms with Crippen LogP contribution in [-0.4, -0.2) is 59.7 Å². The van der Waals surface area contributed by atoms with Crippen molar-refractivity contribution < 1.29 is 18.0 Å². The number of nitrogens with one attached hydrogen (secondary N) is 2. The van der Waals surface area contributed by atoms with E-state index in [1.54, 1.807) is 4.90 Å². The number of aryl methyl sites for hydroxylation is 2. The fourth-order valence-corrected chi connectivity index (χ4v) is 5.49. The Labute approximate surface area is 165 Å². The summed E-state index contributed by atoms with van der Waals surface area (Å²) in [6, 6.07) is 0. The summed E-state index contributed by atoms with van der Waals surface area (Å²) >= 11 is 0. The largest absolute Gasteiger partial charge is 0.345 e. The van der Waals surface area contributed by atoms with E-state index < -0.39 is 15.4 Å². The summed E-state index contributed by atoms with van der Waals surface area (Å²) in [4.78, 5) is 27.3. The maximum Gasteiger partial charge on any atom is 0.248 e. The Morgan fingerprint density at radius 1 is 1.36 bits per heavy atom. The lowest BCUT2D eigenvalue weighted by Crippen LogP contribution is -2.49. The molecule has 0 saturated carbocycles. The van der Waals surface area contributed by atoms with Crippen LogP contribution >= 0.6 is 0 Å². The Kier molecular flexibility index (Phi) is 5.40. The van der Waals surface area contributed by atoms with Crippen molar-refractivity contribution in [1.82, 2.24) is 20.4 Å². The van der Waals surface area contributed by atoms with E-state index in [1.807, 2.05) is 27.7 Å². The number of aromatic nitrogens is 2. The van der Waals surface area contributed by atoms with Crippen LogP contribution in [0.4, 0.5) is 0 Å². The third-order valence-corrected chi connectivity index (χ3v) is 7.18. The molecule has 1 aromatic heterocycles. The van der Waals surface area contributed by atoms with Crippen LogP contribution in [0.25, 0.3) is 0 Å². The Morgan fingerprint density at radius 2 is 2.07 bits per heavy atom. The first-order chi connectivity index (χ1) is 13.0. The molecule has 2 aliphatic rings. The number of amides is 2. The minimum absolute atomic E-state index is 0.00466. The molecular weight excluding hydrogens is 380 g/mol. The van der Waals surface area contributed by atoms with Crippen molar-refractivity contribution in [3.8, 4) is 0 Å². The van der Waals surface area contributed by atoms with Gasteiger partial charge < -0.3 is 10.2 Å². The van der Waals surface area contributed by atoms with E-state index >= 15 is 0 Å². The predicted molar refractivity (Wildman–Crippen MR) is 105 cm³/mol. The third kappa shape index (κ3) is 4.14. The summed E-state index contributed by atoms with van der Waals surface area (Å²) in [5.74, 6) is -0.573. The van der Waals surface area contributed by atoms with Gasteiger partial charge in [-0.25, -0.2) is 8.42 Å². The molecule has 0 aromatic carbocycles. The van der Waals surface area contributed by atoms with Gasteiger partial charge in [-0.05, 0) is 47.0 Å². The average Bonchev–Trinajstić information content (AvgIpc) is 3.15. The summed E-state index contributed by atoms with van der Waals surface area (Å²) in [7, 11) is -3.30. The minimum Gasteiger partial charge on any atom is -0.345 e. The van der Waals surface area contributed by atoms with Crippen LogP contribution in [0.1, 0.15) is 56.0 Å². The zero-order valence-electron chi connectivity index (χ0n) is 16.8. The average molecular weight is 409 g/mol. The first-order valence-corrected chi connectivity index (χ1v) is 11.3. The zero-order chi connectivity index (χ0) is 20.7. The Morgan fingerprint density at radius 3 is 2.68 bits per heavy atom. The van der Waals surface area contributed by atoms with Crippen LogP contribution < -0.4 is 5.32 Å². The lowest BCUT2D eigenvalue weighted by atomic mass is 9.97. The van der Waals surface area contributed by atoms with Crippen LogP contribution in [-0.2, 0) is 19.4 Å². The monoisotopic (exact) mass is 408 g/mol. The standard InChI is InChI=1S/C19H28N4O4S/c1-12(16-13(2)21-22-14(16)3)18(25)23-8-7-19(4,11-23)20-17(24)15-6-5-9-28(26,27)10-15/h10,12H,5-9,11H2,1-4H3,(H,20,24)(H,21,22). The van der Waals surface area contributed by atoms with Crippen LogP contribution in [0.5, 0.6) is 0 Å². The summed E-state index contributed by atoms with van der Waals surface area (Å²) in [5.41, 5.74) is 2.35. The second kappa shape index (κ2) is 7.35. The van der Waals surface area contributed by atoms with Gasteiger partial charge in [-0.1, -0.05) is 0 Å². The number of H-pyrrole nitrogens is 1. The maximum absolute atomic E-state index is 13.0. The first-order valence-electron chi connectivity index (χ1n) is 9.57. The van der Waals surface area contributed by atoms with E-state index in [0.717, 1.165) is 22.4 Å². The molecule has 0 bridgehead atoms. The van der Waals surface area contributed by atoms with Gasteiger partial charge in [0.1, 0.15) is 0 Å². The maximum atomic E-state index is 13.0. The number of rotatable bonds is 4. The molecule has 2 N–H and O–H groups in total. The number of carbonyl (C=O) groups excluding carboxylic acids is 2. The normalized spacial score (nSPS) is 25.3. The second-order valence-corrected chi connectivity index (χ2v) is 10.2. The fraction of sp³-hybridized carbons (Fsp3) is 0.632. The van der Waals surface area contributed by atoms with Crippen molar-refractivity contribution in [2.24, 2.45) is 0 Å². The molecule has 2 unspecified atom stereocenters. The summed E-state index contributed by atoms with van der Waals surface area (Å²) in [5, 5.41) is 11.1. The molecule has 2 amide bonds. The Balaban J connectivity index is 1.67. The molecular formula is C19H28N4O4S. The quantitative estimate of drug-likeness (QED) is 0.780. The number of sulfone groups is 1. The van der Waals surface area contributed by atoms with Crippen molar-refractivity contribution in [3.05, 3.63) is 27.9 Å². The molecule has 3 rings (SSSR count). The van der Waals surface area contributed by atoms with E-state index in [1.165, 1.54) is 0 Å². The Hall–Kier alpha value is -2.16. The highest BCUT2D eigenvalue weighted by Crippen LogP contribution is 2.29. The number of hydrogen-bond donors (Lipinski definition) is 2. The Bertz CT molecular complexity index is 914. The van der Waals surface area contributed by atoms with Crippen molar-refractivity contribution in [3.63, 3.8) is 0 Å². The topological polar surface area (TPSA) is 112 Å². The van der Waals surface area contributed by atoms with E-state index in [0.29, 0.717) is 37.9 Å². The lowest BCUT2D eigenvalue weighted by molar-refractivity contribution is -0.132. The predicted octanol–water partition coefficient (Wildman–Crippen LogP) is 1.33. The van der Waals surface area contributed by atoms with Crippen molar-refractivity contribution in [2.75, 3.05) is 18.8 Å². The van der Waals surface area contributed by atoms with Crippen molar-refractivity contribution >= 4 is 21.7 Å². The first kappa shape index (κ1) is 20.6. The number of hydrogen-bond acceptors (Lipinski definition) is 5. The molecule has 0 spiro atoms. The number of likely N-dealkylation sites (tertiary alicyclic amines) is 1. The van der Waals surface area contributed by atoms with E-state index in [4.69, 9.17) is 0 Å². The molecule has 28 heavy (non-hydrogen) atoms. The summed E-state index contributed by atoms with van der Waals surface area (Å²) < 4.78 is 23.5. The SMILES string of the molecule is Cc1n[nH]c(C)c1C(C)C(=O)N1CCC(C)(NC(=O)C2=CS(=O)(=O)CCC2)C1. The van der Waals surface area contributed by atoms with E-state index in [-0.39, 0.29) is 23.5 Å². The molecule has 0 aliphatic carbocycles. The number of carbonyl (C=O) groups is 2. The molecule has 0 radical (unpaired) electrons. The molecule has 8 nitrogen and oxygen atoms in total. The van der Waals surface area contributed by atoms with Crippen LogP contribution in [0, 0.1) is 13.8 Å². The van der Waals surface area contributed by atoms with E-state index in [9.17, 15) is 18.0 Å². The van der Waals surface area contributed by atoms with Gasteiger partial charge in [0.15, 0.2) is 9.84 Å². The van der Waals surface area contributed by atoms with Gasteiger partial charge in [-0.15, -0.1) is 0 Å². The highest BCUT2D eigenvalue weighted by molar-refractivity contribution is 7.94. The van der Waals surface area contributed by atoms with Gasteiger partial charge in [0.2, 0.25) is 11.8 Å². The molecule has 1 saturated heterocycles. The van der Waals surface area contributed by atoms with Crippen molar-refractivity contribution in [1.29, 1.82) is 0 Å². The van der Waals surface area contributed by atoms with Gasteiger partial charge in [0.25, 0.3) is 0 Å². The molecule has 3 heterocycles. The molecule has 154 valence electrons. The van der Waals surface area contributed by atoms with Crippen LogP contribution in [0.2, 0.25) is 0 Å². The highest BCUT2D eigenvalue weighted by atomic mass is 32.2. The van der Waals surface area contributed by atoms with E-state index in [2.05, 4.69) is 15.5 Å². The molecule has 9 heteroatoms. The smallest absolute Gasteiger partial charge is 0.248 e. The lowest BCUT2D eigenvalue weighted by Gasteiger charge is -2.28. The second-order valence-electron chi connectivity index (χ2n) is 8.21. The molecule has 2 atom stereocenters. The van der Waals surface area contributed by atoms with Gasteiger partial charge in [-0.2, -0.15) is 5.10 Å². The van der Waals surface area contributed by atoms with Gasteiger partial charge in [0, 0.05) is 35.3 Å². The number of nitrogens with zero attached hydrogens (tertiary/aromatic N) is 2. The van der Waals surface area contributed by atoms with Crippen LogP contribution in [0.3, 0.4) is 0 Å². The highest BCUT2D eigenvalue weighted by Gasteiger charge is 2.39. The van der Waals surface area contributed by atoms with Gasteiger partial charge in [0.05, 0.1) is 22.9 Å².